The zero-order chi connectivity index (χ0) is 13.5. The molecule has 104 valence electrons. The maximum Gasteiger partial charge on any atom is 0.0898 e. The van der Waals surface area contributed by atoms with Gasteiger partial charge in [0.1, 0.15) is 0 Å². The first-order valence-corrected chi connectivity index (χ1v) is 6.98. The van der Waals surface area contributed by atoms with Crippen molar-refractivity contribution in [1.29, 1.82) is 0 Å². The van der Waals surface area contributed by atoms with Crippen LogP contribution in [0, 0.1) is 0 Å². The van der Waals surface area contributed by atoms with Crippen LogP contribution in [0.4, 0.5) is 0 Å². The average Bonchev–Trinajstić information content (AvgIpc) is 2.96. The number of rotatable bonds is 7. The second-order valence-electron chi connectivity index (χ2n) is 5.09. The fraction of sp³-hybridized carbons (Fsp3) is 0.500. The number of nitrogens with one attached hydrogen (secondary N) is 1. The zero-order valence-corrected chi connectivity index (χ0v) is 11.5. The molecule has 3 heteroatoms. The van der Waals surface area contributed by atoms with Gasteiger partial charge in [0.15, 0.2) is 0 Å². The summed E-state index contributed by atoms with van der Waals surface area (Å²) in [7, 11) is 0. The normalized spacial score (nSPS) is 18.6. The van der Waals surface area contributed by atoms with Crippen molar-refractivity contribution in [3.8, 4) is 0 Å². The SMILES string of the molecule is CC(OCC(O)CNC1CC=CC1)c1ccccc1. The minimum atomic E-state index is -0.452. The van der Waals surface area contributed by atoms with Gasteiger partial charge in [-0.15, -0.1) is 0 Å². The second-order valence-corrected chi connectivity index (χ2v) is 5.09. The predicted octanol–water partition coefficient (Wildman–Crippen LogP) is 2.43. The van der Waals surface area contributed by atoms with Gasteiger partial charge in [-0.3, -0.25) is 0 Å². The molecule has 0 bridgehead atoms. The summed E-state index contributed by atoms with van der Waals surface area (Å²) in [5.74, 6) is 0. The minimum Gasteiger partial charge on any atom is -0.389 e. The van der Waals surface area contributed by atoms with Crippen molar-refractivity contribution in [3.05, 3.63) is 48.0 Å². The van der Waals surface area contributed by atoms with Crippen molar-refractivity contribution in [3.63, 3.8) is 0 Å². The molecule has 1 aromatic carbocycles. The molecule has 1 aliphatic carbocycles. The Hall–Kier alpha value is -1.16. The van der Waals surface area contributed by atoms with Crippen LogP contribution in [-0.4, -0.2) is 30.4 Å². The van der Waals surface area contributed by atoms with Crippen molar-refractivity contribution in [2.45, 2.75) is 38.0 Å². The Labute approximate surface area is 115 Å². The Morgan fingerprint density at radius 1 is 1.26 bits per heavy atom. The fourth-order valence-corrected chi connectivity index (χ4v) is 2.22. The summed E-state index contributed by atoms with van der Waals surface area (Å²) < 4.78 is 5.70. The van der Waals surface area contributed by atoms with Gasteiger partial charge in [-0.2, -0.15) is 0 Å². The van der Waals surface area contributed by atoms with Gasteiger partial charge in [0.25, 0.3) is 0 Å². The third-order valence-corrected chi connectivity index (χ3v) is 3.46. The summed E-state index contributed by atoms with van der Waals surface area (Å²) in [4.78, 5) is 0. The first-order chi connectivity index (χ1) is 9.25. The Balaban J connectivity index is 1.64. The van der Waals surface area contributed by atoms with E-state index in [-0.39, 0.29) is 6.10 Å². The van der Waals surface area contributed by atoms with E-state index in [4.69, 9.17) is 4.74 Å². The molecule has 0 amide bonds. The van der Waals surface area contributed by atoms with E-state index in [1.807, 2.05) is 37.3 Å². The van der Waals surface area contributed by atoms with Gasteiger partial charge >= 0.3 is 0 Å². The Bertz CT molecular complexity index is 383. The van der Waals surface area contributed by atoms with Gasteiger partial charge in [-0.1, -0.05) is 42.5 Å². The molecule has 1 aliphatic rings. The van der Waals surface area contributed by atoms with Crippen molar-refractivity contribution in [1.82, 2.24) is 5.32 Å². The molecule has 0 saturated heterocycles. The molecule has 3 nitrogen and oxygen atoms in total. The highest BCUT2D eigenvalue weighted by Crippen LogP contribution is 2.16. The smallest absolute Gasteiger partial charge is 0.0898 e. The molecule has 0 fully saturated rings. The van der Waals surface area contributed by atoms with Gasteiger partial charge in [-0.25, -0.2) is 0 Å². The van der Waals surface area contributed by atoms with Crippen LogP contribution in [0.25, 0.3) is 0 Å². The van der Waals surface area contributed by atoms with Gasteiger partial charge in [0.2, 0.25) is 0 Å². The number of hydrogen-bond acceptors (Lipinski definition) is 3. The summed E-state index contributed by atoms with van der Waals surface area (Å²) >= 11 is 0. The Morgan fingerprint density at radius 2 is 1.95 bits per heavy atom. The summed E-state index contributed by atoms with van der Waals surface area (Å²) in [6.07, 6.45) is 6.05. The molecular weight excluding hydrogens is 238 g/mol. The third kappa shape index (κ3) is 4.78. The van der Waals surface area contributed by atoms with Crippen LogP contribution in [0.15, 0.2) is 42.5 Å². The lowest BCUT2D eigenvalue weighted by Gasteiger charge is -2.19. The minimum absolute atomic E-state index is 0.0176. The molecule has 0 aromatic heterocycles. The maximum absolute atomic E-state index is 9.90. The largest absolute Gasteiger partial charge is 0.389 e. The van der Waals surface area contributed by atoms with E-state index in [0.717, 1.165) is 18.4 Å². The molecule has 2 rings (SSSR count). The van der Waals surface area contributed by atoms with E-state index in [2.05, 4.69) is 17.5 Å². The van der Waals surface area contributed by atoms with Crippen LogP contribution in [0.1, 0.15) is 31.4 Å². The average molecular weight is 261 g/mol. The molecule has 0 heterocycles. The van der Waals surface area contributed by atoms with Gasteiger partial charge in [0, 0.05) is 12.6 Å². The molecule has 2 atom stereocenters. The van der Waals surface area contributed by atoms with E-state index in [1.54, 1.807) is 0 Å². The summed E-state index contributed by atoms with van der Waals surface area (Å²) in [5.41, 5.74) is 1.14. The molecule has 0 aliphatic heterocycles. The lowest BCUT2D eigenvalue weighted by atomic mass is 10.1. The van der Waals surface area contributed by atoms with Crippen LogP contribution >= 0.6 is 0 Å². The lowest BCUT2D eigenvalue weighted by Crippen LogP contribution is -2.36. The van der Waals surface area contributed by atoms with E-state index in [1.165, 1.54) is 0 Å². The Morgan fingerprint density at radius 3 is 2.63 bits per heavy atom. The maximum atomic E-state index is 9.90. The van der Waals surface area contributed by atoms with Crippen molar-refractivity contribution < 1.29 is 9.84 Å². The second kappa shape index (κ2) is 7.43. The summed E-state index contributed by atoms with van der Waals surface area (Å²) in [5, 5.41) is 13.2. The first-order valence-electron chi connectivity index (χ1n) is 6.98. The van der Waals surface area contributed by atoms with E-state index < -0.39 is 6.10 Å². The summed E-state index contributed by atoms with van der Waals surface area (Å²) in [6, 6.07) is 10.6. The molecule has 2 N–H and O–H groups in total. The first kappa shape index (κ1) is 14.3. The number of ether oxygens (including phenoxy) is 1. The molecule has 0 saturated carbocycles. The van der Waals surface area contributed by atoms with Gasteiger partial charge in [0.05, 0.1) is 18.8 Å². The summed E-state index contributed by atoms with van der Waals surface area (Å²) in [6.45, 7) is 2.97. The van der Waals surface area contributed by atoms with Gasteiger partial charge < -0.3 is 15.2 Å². The molecule has 0 radical (unpaired) electrons. The Kier molecular flexibility index (Phi) is 5.58. The van der Waals surface area contributed by atoms with Crippen molar-refractivity contribution in [2.24, 2.45) is 0 Å². The van der Waals surface area contributed by atoms with Crippen molar-refractivity contribution in [2.75, 3.05) is 13.2 Å². The molecule has 2 unspecified atom stereocenters. The number of aliphatic hydroxyl groups is 1. The molecule has 0 spiro atoms. The monoisotopic (exact) mass is 261 g/mol. The number of aliphatic hydroxyl groups excluding tert-OH is 1. The van der Waals surface area contributed by atoms with E-state index in [0.29, 0.717) is 19.2 Å². The molecule has 1 aromatic rings. The van der Waals surface area contributed by atoms with Crippen LogP contribution in [-0.2, 0) is 4.74 Å². The lowest BCUT2D eigenvalue weighted by molar-refractivity contribution is -0.00278. The number of hydrogen-bond donors (Lipinski definition) is 2. The third-order valence-electron chi connectivity index (χ3n) is 3.46. The van der Waals surface area contributed by atoms with Gasteiger partial charge in [-0.05, 0) is 25.3 Å². The quantitative estimate of drug-likeness (QED) is 0.741. The fourth-order valence-electron chi connectivity index (χ4n) is 2.22. The zero-order valence-electron chi connectivity index (χ0n) is 11.5. The van der Waals surface area contributed by atoms with Crippen LogP contribution < -0.4 is 5.32 Å². The van der Waals surface area contributed by atoms with E-state index in [9.17, 15) is 5.11 Å². The molecule has 19 heavy (non-hydrogen) atoms. The topological polar surface area (TPSA) is 41.5 Å². The predicted molar refractivity (Wildman–Crippen MR) is 77.0 cm³/mol. The van der Waals surface area contributed by atoms with E-state index >= 15 is 0 Å². The highest BCUT2D eigenvalue weighted by molar-refractivity contribution is 5.16. The van der Waals surface area contributed by atoms with Crippen LogP contribution in [0.2, 0.25) is 0 Å². The van der Waals surface area contributed by atoms with Crippen molar-refractivity contribution >= 4 is 0 Å². The highest BCUT2D eigenvalue weighted by atomic mass is 16.5. The standard InChI is InChI=1S/C16H23NO2/c1-13(14-7-3-2-4-8-14)19-12-16(18)11-17-15-9-5-6-10-15/h2-8,13,15-18H,9-12H2,1H3. The molecular formula is C16H23NO2. The highest BCUT2D eigenvalue weighted by Gasteiger charge is 2.13. The number of benzene rings is 1. The van der Waals surface area contributed by atoms with Crippen LogP contribution in [0.3, 0.4) is 0 Å². The van der Waals surface area contributed by atoms with Crippen LogP contribution in [0.5, 0.6) is 0 Å².